The van der Waals surface area contributed by atoms with Crippen LogP contribution in [0.2, 0.25) is 0 Å². The van der Waals surface area contributed by atoms with E-state index in [1.165, 1.54) is 6.33 Å². The van der Waals surface area contributed by atoms with Crippen molar-refractivity contribution < 1.29 is 15.3 Å². The molecule has 0 aromatic carbocycles. The van der Waals surface area contributed by atoms with Crippen molar-refractivity contribution >= 4 is 23.4 Å². The van der Waals surface area contributed by atoms with Crippen LogP contribution in [-0.4, -0.2) is 56.1 Å². The zero-order chi connectivity index (χ0) is 13.8. The Hall–Kier alpha value is -1.45. The second-order valence-electron chi connectivity index (χ2n) is 4.16. The molecular formula is C11H17ClN4O4. The van der Waals surface area contributed by atoms with E-state index in [0.717, 1.165) is 0 Å². The smallest absolute Gasteiger partial charge is 0.275 e. The summed E-state index contributed by atoms with van der Waals surface area (Å²) in [4.78, 5) is 20.9. The second kappa shape index (κ2) is 7.36. The van der Waals surface area contributed by atoms with Gasteiger partial charge in [-0.2, -0.15) is 0 Å². The van der Waals surface area contributed by atoms with Crippen LogP contribution < -0.4 is 10.9 Å². The third kappa shape index (κ3) is 3.17. The van der Waals surface area contributed by atoms with Gasteiger partial charge in [-0.05, 0) is 0 Å². The minimum absolute atomic E-state index is 0. The molecule has 0 radical (unpaired) electrons. The van der Waals surface area contributed by atoms with Crippen molar-refractivity contribution in [3.63, 3.8) is 0 Å². The molecule has 0 aliphatic rings. The first-order chi connectivity index (χ1) is 9.21. The van der Waals surface area contributed by atoms with Crippen molar-refractivity contribution in [1.82, 2.24) is 20.3 Å². The number of aromatic amines is 2. The quantitative estimate of drug-likeness (QED) is 0.391. The first-order valence-corrected chi connectivity index (χ1v) is 5.84. The third-order valence-electron chi connectivity index (χ3n) is 2.93. The van der Waals surface area contributed by atoms with Gasteiger partial charge in [0.1, 0.15) is 11.0 Å². The highest BCUT2D eigenvalue weighted by molar-refractivity contribution is 5.85. The lowest BCUT2D eigenvalue weighted by molar-refractivity contribution is 0.145. The Kier molecular flexibility index (Phi) is 6.11. The largest absolute Gasteiger partial charge is 0.395 e. The molecule has 2 rings (SSSR count). The first-order valence-electron chi connectivity index (χ1n) is 5.84. The molecule has 0 aliphatic heterocycles. The van der Waals surface area contributed by atoms with Crippen molar-refractivity contribution in [3.8, 4) is 0 Å². The first kappa shape index (κ1) is 16.6. The molecule has 9 heteroatoms. The number of hydrogen-bond donors (Lipinski definition) is 6. The van der Waals surface area contributed by atoms with Gasteiger partial charge in [0, 0.05) is 11.8 Å². The van der Waals surface area contributed by atoms with Crippen LogP contribution >= 0.6 is 12.4 Å². The Morgan fingerprint density at radius 1 is 1.20 bits per heavy atom. The lowest BCUT2D eigenvalue weighted by Gasteiger charge is -2.21. The molecule has 0 fully saturated rings. The van der Waals surface area contributed by atoms with Gasteiger partial charge in [0.2, 0.25) is 0 Å². The summed E-state index contributed by atoms with van der Waals surface area (Å²) in [6, 6.07) is -1.09. The molecule has 0 saturated carbocycles. The third-order valence-corrected chi connectivity index (χ3v) is 2.93. The Labute approximate surface area is 120 Å². The van der Waals surface area contributed by atoms with E-state index >= 15 is 0 Å². The summed E-state index contributed by atoms with van der Waals surface area (Å²) in [5, 5.41) is 30.4. The van der Waals surface area contributed by atoms with Crippen molar-refractivity contribution in [3.05, 3.63) is 28.4 Å². The lowest BCUT2D eigenvalue weighted by Crippen LogP contribution is -2.39. The van der Waals surface area contributed by atoms with Crippen LogP contribution in [0.25, 0.3) is 11.0 Å². The van der Waals surface area contributed by atoms with Crippen LogP contribution in [-0.2, 0) is 0 Å². The van der Waals surface area contributed by atoms with Crippen molar-refractivity contribution in [2.45, 2.75) is 12.1 Å². The van der Waals surface area contributed by atoms with Gasteiger partial charge in [0.25, 0.3) is 5.56 Å². The number of rotatable bonds is 6. The molecule has 0 amide bonds. The summed E-state index contributed by atoms with van der Waals surface area (Å²) in [6.07, 6.45) is 2.86. The SMILES string of the molecule is Cl.O=c1[nH]cnc2c(C(CO)NC(CO)CO)c[nH]c12. The van der Waals surface area contributed by atoms with Crippen molar-refractivity contribution in [2.24, 2.45) is 0 Å². The van der Waals surface area contributed by atoms with Gasteiger partial charge in [0.15, 0.2) is 0 Å². The number of H-pyrrole nitrogens is 2. The molecule has 0 saturated heterocycles. The summed E-state index contributed by atoms with van der Waals surface area (Å²) >= 11 is 0. The summed E-state index contributed by atoms with van der Waals surface area (Å²) in [5.41, 5.74) is 1.08. The minimum atomic E-state index is -0.552. The predicted octanol–water partition coefficient (Wildman–Crippen LogP) is -1.35. The van der Waals surface area contributed by atoms with Crippen LogP contribution in [0.1, 0.15) is 11.6 Å². The number of nitrogens with zero attached hydrogens (tertiary/aromatic N) is 1. The van der Waals surface area contributed by atoms with E-state index < -0.39 is 12.1 Å². The molecule has 2 aromatic rings. The Morgan fingerprint density at radius 2 is 1.90 bits per heavy atom. The van der Waals surface area contributed by atoms with Crippen LogP contribution in [0.5, 0.6) is 0 Å². The molecule has 1 atom stereocenters. The highest BCUT2D eigenvalue weighted by Crippen LogP contribution is 2.20. The lowest BCUT2D eigenvalue weighted by atomic mass is 10.1. The van der Waals surface area contributed by atoms with Crippen molar-refractivity contribution in [1.29, 1.82) is 0 Å². The van der Waals surface area contributed by atoms with Gasteiger partial charge in [-0.1, -0.05) is 0 Å². The number of fused-ring (bicyclic) bond motifs is 1. The highest BCUT2D eigenvalue weighted by atomic mass is 35.5. The maximum absolute atomic E-state index is 11.5. The van der Waals surface area contributed by atoms with E-state index in [1.54, 1.807) is 6.20 Å². The van der Waals surface area contributed by atoms with Gasteiger partial charge in [-0.15, -0.1) is 12.4 Å². The molecule has 112 valence electrons. The highest BCUT2D eigenvalue weighted by Gasteiger charge is 2.20. The minimum Gasteiger partial charge on any atom is -0.395 e. The molecular weight excluding hydrogens is 288 g/mol. The summed E-state index contributed by atoms with van der Waals surface area (Å²) in [6.45, 7) is -0.773. The van der Waals surface area contributed by atoms with E-state index in [2.05, 4.69) is 20.3 Å². The van der Waals surface area contributed by atoms with E-state index in [0.29, 0.717) is 16.6 Å². The van der Waals surface area contributed by atoms with E-state index in [4.69, 9.17) is 10.2 Å². The fraction of sp³-hybridized carbons (Fsp3) is 0.455. The second-order valence-corrected chi connectivity index (χ2v) is 4.16. The van der Waals surface area contributed by atoms with Crippen molar-refractivity contribution in [2.75, 3.05) is 19.8 Å². The topological polar surface area (TPSA) is 134 Å². The maximum atomic E-state index is 11.5. The van der Waals surface area contributed by atoms with Crippen LogP contribution in [0, 0.1) is 0 Å². The van der Waals surface area contributed by atoms with E-state index in [9.17, 15) is 9.90 Å². The van der Waals surface area contributed by atoms with E-state index in [-0.39, 0.29) is 37.8 Å². The Bertz CT molecular complexity index is 595. The van der Waals surface area contributed by atoms with Gasteiger partial charge in [0.05, 0.1) is 38.2 Å². The van der Waals surface area contributed by atoms with Crippen LogP contribution in [0.3, 0.4) is 0 Å². The van der Waals surface area contributed by atoms with Crippen LogP contribution in [0.4, 0.5) is 0 Å². The van der Waals surface area contributed by atoms with Crippen LogP contribution in [0.15, 0.2) is 17.3 Å². The molecule has 0 bridgehead atoms. The zero-order valence-corrected chi connectivity index (χ0v) is 11.4. The maximum Gasteiger partial charge on any atom is 0.275 e. The predicted molar refractivity (Wildman–Crippen MR) is 74.9 cm³/mol. The number of halogens is 1. The summed E-state index contributed by atoms with van der Waals surface area (Å²) in [7, 11) is 0. The molecule has 1 unspecified atom stereocenters. The van der Waals surface area contributed by atoms with Gasteiger partial charge >= 0.3 is 0 Å². The summed E-state index contributed by atoms with van der Waals surface area (Å²) in [5.74, 6) is 0. The van der Waals surface area contributed by atoms with Gasteiger partial charge in [-0.25, -0.2) is 4.98 Å². The fourth-order valence-electron chi connectivity index (χ4n) is 1.92. The summed E-state index contributed by atoms with van der Waals surface area (Å²) < 4.78 is 0. The van der Waals surface area contributed by atoms with E-state index in [1.807, 2.05) is 0 Å². The fourth-order valence-corrected chi connectivity index (χ4v) is 1.92. The molecule has 0 aliphatic carbocycles. The molecule has 20 heavy (non-hydrogen) atoms. The average molecular weight is 305 g/mol. The zero-order valence-electron chi connectivity index (χ0n) is 10.5. The van der Waals surface area contributed by atoms with Gasteiger partial charge < -0.3 is 30.6 Å². The average Bonchev–Trinajstić information content (AvgIpc) is 2.86. The molecule has 6 N–H and O–H groups in total. The molecule has 2 aromatic heterocycles. The number of hydrogen-bond acceptors (Lipinski definition) is 6. The monoisotopic (exact) mass is 304 g/mol. The number of nitrogens with one attached hydrogen (secondary N) is 3. The normalized spacial score (nSPS) is 12.6. The molecule has 0 spiro atoms. The number of aromatic nitrogens is 3. The van der Waals surface area contributed by atoms with Gasteiger partial charge in [-0.3, -0.25) is 4.79 Å². The number of aliphatic hydroxyl groups excluding tert-OH is 3. The molecule has 8 nitrogen and oxygen atoms in total. The Morgan fingerprint density at radius 3 is 2.50 bits per heavy atom. The molecule has 2 heterocycles. The number of aliphatic hydroxyl groups is 3. The Balaban J connectivity index is 0.00000200. The standard InChI is InChI=1S/C11H16N4O4.ClH/c16-2-6(3-17)15-8(4-18)7-1-12-10-9(7)13-5-14-11(10)19;/h1,5-6,8,12,15-18H,2-4H2,(H,13,14,19);1H.